The number of amides is 1. The summed E-state index contributed by atoms with van der Waals surface area (Å²) in [6.07, 6.45) is -0.383. The molecule has 18 heavy (non-hydrogen) atoms. The van der Waals surface area contributed by atoms with E-state index in [1.807, 2.05) is 6.92 Å². The molecule has 104 valence electrons. The predicted octanol–water partition coefficient (Wildman–Crippen LogP) is -0.635. The van der Waals surface area contributed by atoms with Crippen LogP contribution in [0.5, 0.6) is 0 Å². The van der Waals surface area contributed by atoms with Gasteiger partial charge in [-0.1, -0.05) is 13.8 Å². The summed E-state index contributed by atoms with van der Waals surface area (Å²) in [4.78, 5) is 33.6. The third kappa shape index (κ3) is 6.19. The maximum absolute atomic E-state index is 11.7. The molecule has 0 heterocycles. The maximum atomic E-state index is 11.7. The van der Waals surface area contributed by atoms with Crippen LogP contribution in [0.15, 0.2) is 0 Å². The summed E-state index contributed by atoms with van der Waals surface area (Å²) >= 11 is 0. The quantitative estimate of drug-likeness (QED) is 0.502. The van der Waals surface area contributed by atoms with Crippen molar-refractivity contribution in [2.75, 3.05) is 20.2 Å². The van der Waals surface area contributed by atoms with E-state index >= 15 is 0 Å². The van der Waals surface area contributed by atoms with Crippen LogP contribution in [0.3, 0.4) is 0 Å². The zero-order chi connectivity index (χ0) is 14.1. The smallest absolute Gasteiger partial charge is 0.326 e. The van der Waals surface area contributed by atoms with E-state index in [-0.39, 0.29) is 12.3 Å². The highest BCUT2D eigenvalue weighted by Crippen LogP contribution is 1.99. The SMILES string of the molecule is CCNCC(C)C(=O)N[C@@H](CC(=O)OC)C(=O)O. The third-order valence-corrected chi connectivity index (χ3v) is 2.36. The fraction of sp³-hybridized carbons (Fsp3) is 0.727. The van der Waals surface area contributed by atoms with Crippen molar-refractivity contribution in [2.45, 2.75) is 26.3 Å². The molecule has 0 aromatic carbocycles. The summed E-state index contributed by atoms with van der Waals surface area (Å²) in [7, 11) is 1.16. The Morgan fingerprint density at radius 3 is 2.39 bits per heavy atom. The van der Waals surface area contributed by atoms with Crippen LogP contribution in [0.4, 0.5) is 0 Å². The molecular formula is C11H20N2O5. The summed E-state index contributed by atoms with van der Waals surface area (Å²) < 4.78 is 4.37. The zero-order valence-corrected chi connectivity index (χ0v) is 10.9. The number of methoxy groups -OCH3 is 1. The monoisotopic (exact) mass is 260 g/mol. The molecule has 0 rings (SSSR count). The van der Waals surface area contributed by atoms with Crippen molar-refractivity contribution in [3.05, 3.63) is 0 Å². The minimum atomic E-state index is -1.26. The maximum Gasteiger partial charge on any atom is 0.326 e. The van der Waals surface area contributed by atoms with Gasteiger partial charge in [-0.2, -0.15) is 0 Å². The lowest BCUT2D eigenvalue weighted by Crippen LogP contribution is -2.46. The standard InChI is InChI=1S/C11H20N2O5/c1-4-12-6-7(2)10(15)13-8(11(16)17)5-9(14)18-3/h7-8,12H,4-6H2,1-3H3,(H,13,15)(H,16,17)/t7?,8-/m0/s1. The van der Waals surface area contributed by atoms with Gasteiger partial charge in [0, 0.05) is 12.5 Å². The van der Waals surface area contributed by atoms with E-state index in [9.17, 15) is 14.4 Å². The Morgan fingerprint density at radius 1 is 1.33 bits per heavy atom. The Hall–Kier alpha value is -1.63. The van der Waals surface area contributed by atoms with Crippen molar-refractivity contribution in [1.29, 1.82) is 0 Å². The van der Waals surface area contributed by atoms with Crippen molar-refractivity contribution in [3.8, 4) is 0 Å². The van der Waals surface area contributed by atoms with Crippen molar-refractivity contribution in [1.82, 2.24) is 10.6 Å². The predicted molar refractivity (Wildman–Crippen MR) is 63.9 cm³/mol. The topological polar surface area (TPSA) is 105 Å². The van der Waals surface area contributed by atoms with Crippen LogP contribution in [0.1, 0.15) is 20.3 Å². The van der Waals surface area contributed by atoms with Gasteiger partial charge in [0.1, 0.15) is 6.04 Å². The molecule has 7 heteroatoms. The molecule has 0 aromatic heterocycles. The molecule has 0 saturated carbocycles. The molecule has 0 spiro atoms. The summed E-state index contributed by atoms with van der Waals surface area (Å²) in [5.74, 6) is -2.72. The fourth-order valence-corrected chi connectivity index (χ4v) is 1.22. The van der Waals surface area contributed by atoms with Crippen LogP contribution in [0, 0.1) is 5.92 Å². The molecule has 1 amide bonds. The molecule has 7 nitrogen and oxygen atoms in total. The number of hydrogen-bond acceptors (Lipinski definition) is 5. The Balaban J connectivity index is 4.35. The lowest BCUT2D eigenvalue weighted by molar-refractivity contribution is -0.149. The van der Waals surface area contributed by atoms with Gasteiger partial charge in [-0.15, -0.1) is 0 Å². The second-order valence-electron chi connectivity index (χ2n) is 3.89. The van der Waals surface area contributed by atoms with Crippen molar-refractivity contribution in [3.63, 3.8) is 0 Å². The highest BCUT2D eigenvalue weighted by Gasteiger charge is 2.25. The van der Waals surface area contributed by atoms with Gasteiger partial charge in [0.15, 0.2) is 0 Å². The van der Waals surface area contributed by atoms with Gasteiger partial charge >= 0.3 is 11.9 Å². The number of hydrogen-bond donors (Lipinski definition) is 3. The number of ether oxygens (including phenoxy) is 1. The minimum Gasteiger partial charge on any atom is -0.480 e. The summed E-state index contributed by atoms with van der Waals surface area (Å²) in [5, 5.41) is 14.2. The number of rotatable bonds is 8. The first kappa shape index (κ1) is 16.4. The van der Waals surface area contributed by atoms with E-state index in [1.165, 1.54) is 0 Å². The number of nitrogens with one attached hydrogen (secondary N) is 2. The van der Waals surface area contributed by atoms with E-state index in [1.54, 1.807) is 6.92 Å². The van der Waals surface area contributed by atoms with E-state index in [2.05, 4.69) is 15.4 Å². The molecule has 0 aliphatic heterocycles. The Morgan fingerprint density at radius 2 is 1.94 bits per heavy atom. The number of carboxylic acids is 1. The van der Waals surface area contributed by atoms with Gasteiger partial charge in [-0.25, -0.2) is 4.79 Å². The summed E-state index contributed by atoms with van der Waals surface area (Å²) in [6, 6.07) is -1.26. The summed E-state index contributed by atoms with van der Waals surface area (Å²) in [6.45, 7) is 4.76. The molecule has 0 aromatic rings. The molecule has 1 unspecified atom stereocenters. The van der Waals surface area contributed by atoms with E-state index in [0.29, 0.717) is 6.54 Å². The lowest BCUT2D eigenvalue weighted by Gasteiger charge is -2.17. The van der Waals surface area contributed by atoms with Crippen LogP contribution in [0.25, 0.3) is 0 Å². The highest BCUT2D eigenvalue weighted by atomic mass is 16.5. The first-order valence-corrected chi connectivity index (χ1v) is 5.73. The molecule has 0 bridgehead atoms. The molecule has 0 fully saturated rings. The van der Waals surface area contributed by atoms with Gasteiger partial charge in [-0.3, -0.25) is 9.59 Å². The lowest BCUT2D eigenvalue weighted by atomic mass is 10.1. The molecule has 0 aliphatic rings. The third-order valence-electron chi connectivity index (χ3n) is 2.36. The van der Waals surface area contributed by atoms with Gasteiger partial charge < -0.3 is 20.5 Å². The molecule has 0 saturated heterocycles. The molecule has 2 atom stereocenters. The van der Waals surface area contributed by atoms with Crippen molar-refractivity contribution in [2.24, 2.45) is 5.92 Å². The Kier molecular flexibility index (Phi) is 7.69. The number of carbonyl (C=O) groups is 3. The Labute approximate surface area is 106 Å². The van der Waals surface area contributed by atoms with Gasteiger partial charge in [-0.05, 0) is 6.54 Å². The number of carbonyl (C=O) groups excluding carboxylic acids is 2. The highest BCUT2D eigenvalue weighted by molar-refractivity contribution is 5.88. The molecular weight excluding hydrogens is 240 g/mol. The van der Waals surface area contributed by atoms with Crippen LogP contribution in [-0.2, 0) is 19.1 Å². The average molecular weight is 260 g/mol. The zero-order valence-electron chi connectivity index (χ0n) is 10.9. The molecule has 0 radical (unpaired) electrons. The number of esters is 1. The van der Waals surface area contributed by atoms with Gasteiger partial charge in [0.25, 0.3) is 0 Å². The van der Waals surface area contributed by atoms with E-state index < -0.39 is 23.9 Å². The largest absolute Gasteiger partial charge is 0.480 e. The second kappa shape index (κ2) is 8.46. The van der Waals surface area contributed by atoms with Crippen LogP contribution >= 0.6 is 0 Å². The first-order chi connectivity index (χ1) is 8.42. The minimum absolute atomic E-state index is 0.371. The van der Waals surface area contributed by atoms with Crippen molar-refractivity contribution < 1.29 is 24.2 Å². The van der Waals surface area contributed by atoms with Crippen LogP contribution in [0.2, 0.25) is 0 Å². The number of carboxylic acid groups (broad SMARTS) is 1. The fourth-order valence-electron chi connectivity index (χ4n) is 1.22. The molecule has 3 N–H and O–H groups in total. The average Bonchev–Trinajstić information content (AvgIpc) is 2.34. The van der Waals surface area contributed by atoms with Gasteiger partial charge in [0.2, 0.25) is 5.91 Å². The Bertz CT molecular complexity index is 306. The summed E-state index contributed by atoms with van der Waals surface area (Å²) in [5.41, 5.74) is 0. The van der Waals surface area contributed by atoms with Gasteiger partial charge in [0.05, 0.1) is 13.5 Å². The normalized spacial score (nSPS) is 13.5. The van der Waals surface area contributed by atoms with Crippen LogP contribution in [-0.4, -0.2) is 49.2 Å². The second-order valence-corrected chi connectivity index (χ2v) is 3.89. The van der Waals surface area contributed by atoms with Crippen LogP contribution < -0.4 is 10.6 Å². The first-order valence-electron chi connectivity index (χ1n) is 5.73. The van der Waals surface area contributed by atoms with Crippen molar-refractivity contribution >= 4 is 17.8 Å². The molecule has 0 aliphatic carbocycles. The van der Waals surface area contributed by atoms with E-state index in [0.717, 1.165) is 13.7 Å². The number of aliphatic carboxylic acids is 1. The van der Waals surface area contributed by atoms with E-state index in [4.69, 9.17) is 5.11 Å².